The molecule has 0 atom stereocenters. The van der Waals surface area contributed by atoms with E-state index in [0.29, 0.717) is 35.8 Å². The Hall–Kier alpha value is -4.29. The van der Waals surface area contributed by atoms with Crippen LogP contribution in [0, 0.1) is 10.1 Å². The van der Waals surface area contributed by atoms with Crippen LogP contribution in [0.25, 0.3) is 0 Å². The molecule has 11 nitrogen and oxygen atoms in total. The molecule has 0 spiro atoms. The van der Waals surface area contributed by atoms with Gasteiger partial charge in [-0.05, 0) is 43.3 Å². The van der Waals surface area contributed by atoms with Crippen molar-refractivity contribution in [2.24, 2.45) is 0 Å². The number of thiophene rings is 1. The minimum Gasteiger partial charge on any atom is -0.490 e. The minimum absolute atomic E-state index is 0.0752. The molecule has 0 radical (unpaired) electrons. The normalized spacial score (nSPS) is 11.2. The zero-order valence-corrected chi connectivity index (χ0v) is 24.6. The Labute approximate surface area is 239 Å². The van der Waals surface area contributed by atoms with Crippen LogP contribution in [-0.2, 0) is 19.1 Å². The average Bonchev–Trinajstić information content (AvgIpc) is 3.42. The molecule has 218 valence electrons. The Morgan fingerprint density at radius 1 is 1.25 bits per heavy atom. The van der Waals surface area contributed by atoms with Crippen molar-refractivity contribution in [3.63, 3.8) is 0 Å². The predicted octanol–water partition coefficient (Wildman–Crippen LogP) is 5.73. The quantitative estimate of drug-likeness (QED) is 0.0913. The van der Waals surface area contributed by atoms with Gasteiger partial charge in [-0.1, -0.05) is 44.4 Å². The molecule has 1 aromatic heterocycles. The molecule has 40 heavy (non-hydrogen) atoms. The highest BCUT2D eigenvalue weighted by Gasteiger charge is 2.25. The van der Waals surface area contributed by atoms with Crippen molar-refractivity contribution in [2.45, 2.75) is 20.8 Å². The average molecular weight is 576 g/mol. The molecule has 1 aliphatic rings. The van der Waals surface area contributed by atoms with Gasteiger partial charge in [0.25, 0.3) is 0 Å². The lowest BCUT2D eigenvalue weighted by molar-refractivity contribution is -0.379. The summed E-state index contributed by atoms with van der Waals surface area (Å²) in [6.45, 7) is 14.7. The van der Waals surface area contributed by atoms with E-state index in [9.17, 15) is 24.5 Å². The third-order valence-electron chi connectivity index (χ3n) is 4.74. The summed E-state index contributed by atoms with van der Waals surface area (Å²) in [6.07, 6.45) is 6.06. The summed E-state index contributed by atoms with van der Waals surface area (Å²) in [5.74, 6) is -0.0869. The fraction of sp³-hybridized carbons (Fsp3) is 0.321. The number of allylic oxidation sites excluding steroid dienone is 3. The molecule has 0 N–H and O–H groups in total. The van der Waals surface area contributed by atoms with E-state index in [2.05, 4.69) is 27.5 Å². The van der Waals surface area contributed by atoms with E-state index in [4.69, 9.17) is 4.74 Å². The van der Waals surface area contributed by atoms with Gasteiger partial charge < -0.3 is 24.0 Å². The Balaban J connectivity index is 0.00000108. The van der Waals surface area contributed by atoms with E-state index in [0.717, 1.165) is 28.4 Å². The zero-order valence-electron chi connectivity index (χ0n) is 23.7. The second kappa shape index (κ2) is 19.7. The Bertz CT molecular complexity index is 1180. The first-order valence-electron chi connectivity index (χ1n) is 12.2. The number of methoxy groups -OCH3 is 1. The van der Waals surface area contributed by atoms with Crippen LogP contribution in [0.5, 0.6) is 5.75 Å². The van der Waals surface area contributed by atoms with Crippen molar-refractivity contribution >= 4 is 51.9 Å². The molecule has 0 saturated carbocycles. The maximum Gasteiger partial charge on any atom is 0.371 e. The number of hydrogen-bond acceptors (Lipinski definition) is 11. The smallest absolute Gasteiger partial charge is 0.371 e. The van der Waals surface area contributed by atoms with Crippen LogP contribution in [0.2, 0.25) is 0 Å². The number of rotatable bonds is 9. The lowest BCUT2D eigenvalue weighted by Gasteiger charge is -2.33. The third-order valence-corrected chi connectivity index (χ3v) is 5.74. The summed E-state index contributed by atoms with van der Waals surface area (Å²) in [4.78, 5) is 45.3. The summed E-state index contributed by atoms with van der Waals surface area (Å²) >= 11 is 0.858. The van der Waals surface area contributed by atoms with Crippen molar-refractivity contribution in [2.75, 3.05) is 50.8 Å². The Kier molecular flexibility index (Phi) is 17.6. The largest absolute Gasteiger partial charge is 0.490 e. The van der Waals surface area contributed by atoms with Crippen LogP contribution in [0.4, 0.5) is 22.1 Å². The fourth-order valence-corrected chi connectivity index (χ4v) is 4.02. The van der Waals surface area contributed by atoms with Gasteiger partial charge >= 0.3 is 11.0 Å². The van der Waals surface area contributed by atoms with Crippen molar-refractivity contribution < 1.29 is 33.5 Å². The Morgan fingerprint density at radius 3 is 2.38 bits per heavy atom. The summed E-state index contributed by atoms with van der Waals surface area (Å²) in [7, 11) is 4.98. The molecule has 0 saturated heterocycles. The summed E-state index contributed by atoms with van der Waals surface area (Å²) in [5.41, 5.74) is 2.81. The number of hydrogen-bond donors (Lipinski definition) is 0. The molecule has 0 amide bonds. The number of anilines is 3. The monoisotopic (exact) mass is 575 g/mol. The number of nitrogens with zero attached hydrogens (tertiary/aromatic N) is 3. The summed E-state index contributed by atoms with van der Waals surface area (Å²) in [6, 6.07) is 7.09. The van der Waals surface area contributed by atoms with Crippen molar-refractivity contribution in [1.82, 2.24) is 0 Å². The number of aldehydes is 2. The fourth-order valence-electron chi connectivity index (χ4n) is 3.21. The zero-order chi connectivity index (χ0) is 30.7. The molecule has 2 aromatic rings. The molecule has 3 rings (SSSR count). The van der Waals surface area contributed by atoms with Gasteiger partial charge in [0.05, 0.1) is 28.6 Å². The van der Waals surface area contributed by atoms with Gasteiger partial charge in [-0.25, -0.2) is 4.79 Å². The SMILES string of the molecule is C=C/C=C(\C=C)N1CCOc2ccc(N(C)c3cc(C=O)sc3[N+](=O)[O-])cc21.CC.CCOC(=O)C=O.COC. The molecule has 0 bridgehead atoms. The standard InChI is InChI=1S/C20H19N3O4S.C4H6O3.C2H6O.C2H6/c1-4-6-14(5-2)22-9-10-27-19-8-7-15(11-17(19)22)21(3)18-12-16(13-24)28-20(18)23(25)26;1-2-7-4(6)3-5;1-3-2;1-2/h4-8,11-13H,1-2,9-10H2,3H3;3H,2H2,1H3;1-2H3;1-2H3/b14-6+;;;. The van der Waals surface area contributed by atoms with E-state index in [1.165, 1.54) is 6.07 Å². The van der Waals surface area contributed by atoms with Crippen molar-refractivity contribution in [1.29, 1.82) is 0 Å². The number of carbonyl (C=O) groups is 3. The first-order chi connectivity index (χ1) is 19.2. The lowest BCUT2D eigenvalue weighted by atomic mass is 10.1. The van der Waals surface area contributed by atoms with Crippen LogP contribution < -0.4 is 14.5 Å². The maximum absolute atomic E-state index is 11.4. The second-order valence-electron chi connectivity index (χ2n) is 7.23. The van der Waals surface area contributed by atoms with Crippen LogP contribution in [-0.4, -0.2) is 64.5 Å². The first kappa shape index (κ1) is 35.7. The van der Waals surface area contributed by atoms with Crippen LogP contribution in [0.1, 0.15) is 30.4 Å². The topological polar surface area (TPSA) is 129 Å². The molecule has 0 fully saturated rings. The molecular weight excluding hydrogens is 538 g/mol. The number of fused-ring (bicyclic) bond motifs is 1. The predicted molar refractivity (Wildman–Crippen MR) is 159 cm³/mol. The first-order valence-corrected chi connectivity index (χ1v) is 13.0. The van der Waals surface area contributed by atoms with Crippen LogP contribution in [0.3, 0.4) is 0 Å². The Morgan fingerprint density at radius 2 is 1.90 bits per heavy atom. The van der Waals surface area contributed by atoms with Gasteiger partial charge in [0.1, 0.15) is 18.0 Å². The maximum atomic E-state index is 11.4. The van der Waals surface area contributed by atoms with Gasteiger partial charge in [-0.3, -0.25) is 19.7 Å². The number of benzene rings is 1. The molecule has 0 unspecified atom stereocenters. The second-order valence-corrected chi connectivity index (χ2v) is 8.30. The molecule has 0 aliphatic carbocycles. The van der Waals surface area contributed by atoms with Crippen LogP contribution in [0.15, 0.2) is 61.3 Å². The van der Waals surface area contributed by atoms with E-state index in [1.54, 1.807) is 45.2 Å². The number of ether oxygens (including phenoxy) is 3. The van der Waals surface area contributed by atoms with E-state index in [-0.39, 0.29) is 17.9 Å². The van der Waals surface area contributed by atoms with Crippen molar-refractivity contribution in [3.8, 4) is 5.75 Å². The van der Waals surface area contributed by atoms with Gasteiger partial charge in [0.2, 0.25) is 6.29 Å². The molecule has 1 aliphatic heterocycles. The summed E-state index contributed by atoms with van der Waals surface area (Å²) in [5, 5.41) is 11.3. The van der Waals surface area contributed by atoms with Gasteiger partial charge in [-0.2, -0.15) is 0 Å². The molecule has 12 heteroatoms. The lowest BCUT2D eigenvalue weighted by Crippen LogP contribution is -2.31. The van der Waals surface area contributed by atoms with Crippen LogP contribution >= 0.6 is 11.3 Å². The van der Waals surface area contributed by atoms with Crippen molar-refractivity contribution in [3.05, 3.63) is 76.3 Å². The number of esters is 1. The third kappa shape index (κ3) is 10.5. The number of nitro groups is 1. The highest BCUT2D eigenvalue weighted by atomic mass is 32.1. The van der Waals surface area contributed by atoms with E-state index < -0.39 is 10.9 Å². The molecule has 2 heterocycles. The van der Waals surface area contributed by atoms with Gasteiger partial charge in [0, 0.05) is 32.7 Å². The number of carbonyl (C=O) groups excluding carboxylic acids is 3. The summed E-state index contributed by atoms with van der Waals surface area (Å²) < 4.78 is 14.2. The van der Waals surface area contributed by atoms with Gasteiger partial charge in [-0.15, -0.1) is 0 Å². The van der Waals surface area contributed by atoms with Gasteiger partial charge in [0.15, 0.2) is 6.29 Å². The molecule has 1 aromatic carbocycles. The minimum atomic E-state index is -0.803. The van der Waals surface area contributed by atoms with E-state index >= 15 is 0 Å². The highest BCUT2D eigenvalue weighted by Crippen LogP contribution is 2.42. The molecular formula is C28H37N3O8S. The highest BCUT2D eigenvalue weighted by molar-refractivity contribution is 7.17. The van der Waals surface area contributed by atoms with E-state index in [1.807, 2.05) is 38.1 Å².